The molecule has 0 aliphatic carbocycles. The molecular formula is C20H14BrN3O4S. The lowest BCUT2D eigenvalue weighted by molar-refractivity contribution is 0.0526. The standard InChI is InChI=1S/C20H14BrN3O4S/c1-2-27-18(25)11-3-6-14(7-4-11)22-20-24-23-17(29-20)15-10-12-9-13(21)5-8-16(12)28-19(15)26/h3-10H,2H2,1H3,(H,22,24). The molecule has 0 saturated carbocycles. The summed E-state index contributed by atoms with van der Waals surface area (Å²) in [4.78, 5) is 24.1. The Morgan fingerprint density at radius 2 is 1.97 bits per heavy atom. The molecule has 0 saturated heterocycles. The first-order valence-corrected chi connectivity index (χ1v) is 10.3. The summed E-state index contributed by atoms with van der Waals surface area (Å²) in [6.07, 6.45) is 0. The van der Waals surface area contributed by atoms with Gasteiger partial charge in [-0.15, -0.1) is 10.2 Å². The second-order valence-electron chi connectivity index (χ2n) is 5.96. The van der Waals surface area contributed by atoms with E-state index in [1.54, 1.807) is 43.3 Å². The highest BCUT2D eigenvalue weighted by Gasteiger charge is 2.14. The third kappa shape index (κ3) is 4.20. The lowest BCUT2D eigenvalue weighted by atomic mass is 10.2. The second-order valence-corrected chi connectivity index (χ2v) is 7.86. The molecule has 29 heavy (non-hydrogen) atoms. The number of hydrogen-bond acceptors (Lipinski definition) is 8. The van der Waals surface area contributed by atoms with E-state index >= 15 is 0 Å². The summed E-state index contributed by atoms with van der Waals surface area (Å²) in [7, 11) is 0. The number of hydrogen-bond donors (Lipinski definition) is 1. The zero-order chi connectivity index (χ0) is 20.4. The van der Waals surface area contributed by atoms with Crippen LogP contribution in [-0.4, -0.2) is 22.8 Å². The van der Waals surface area contributed by atoms with E-state index in [1.165, 1.54) is 11.3 Å². The Hall–Kier alpha value is -3.04. The predicted molar refractivity (Wildman–Crippen MR) is 115 cm³/mol. The van der Waals surface area contributed by atoms with Gasteiger partial charge in [-0.05, 0) is 55.5 Å². The summed E-state index contributed by atoms with van der Waals surface area (Å²) in [5, 5.41) is 13.1. The maximum atomic E-state index is 12.3. The highest BCUT2D eigenvalue weighted by Crippen LogP contribution is 2.29. The Bertz CT molecular complexity index is 1250. The van der Waals surface area contributed by atoms with E-state index in [-0.39, 0.29) is 5.97 Å². The van der Waals surface area contributed by atoms with Crippen molar-refractivity contribution >= 4 is 55.0 Å². The van der Waals surface area contributed by atoms with Crippen LogP contribution in [-0.2, 0) is 4.74 Å². The molecule has 2 heterocycles. The molecule has 7 nitrogen and oxygen atoms in total. The number of rotatable bonds is 5. The van der Waals surface area contributed by atoms with Gasteiger partial charge in [-0.25, -0.2) is 9.59 Å². The van der Waals surface area contributed by atoms with Crippen molar-refractivity contribution in [1.29, 1.82) is 0 Å². The fourth-order valence-electron chi connectivity index (χ4n) is 2.65. The van der Waals surface area contributed by atoms with Crippen molar-refractivity contribution in [2.75, 3.05) is 11.9 Å². The molecule has 2 aromatic carbocycles. The van der Waals surface area contributed by atoms with Crippen molar-refractivity contribution < 1.29 is 13.9 Å². The first-order chi connectivity index (χ1) is 14.0. The van der Waals surface area contributed by atoms with Gasteiger partial charge in [-0.3, -0.25) is 0 Å². The number of carbonyl (C=O) groups is 1. The van der Waals surface area contributed by atoms with E-state index in [0.717, 1.165) is 15.5 Å². The van der Waals surface area contributed by atoms with Gasteiger partial charge in [0.1, 0.15) is 5.58 Å². The van der Waals surface area contributed by atoms with Crippen LogP contribution >= 0.6 is 27.3 Å². The lowest BCUT2D eigenvalue weighted by Crippen LogP contribution is -2.04. The number of carbonyl (C=O) groups excluding carboxylic acids is 1. The number of nitrogens with one attached hydrogen (secondary N) is 1. The maximum Gasteiger partial charge on any atom is 0.346 e. The Morgan fingerprint density at radius 3 is 2.72 bits per heavy atom. The van der Waals surface area contributed by atoms with Crippen molar-refractivity contribution in [3.8, 4) is 10.6 Å². The molecule has 0 atom stereocenters. The average Bonchev–Trinajstić information content (AvgIpc) is 3.16. The molecule has 9 heteroatoms. The third-order valence-corrected chi connectivity index (χ3v) is 5.36. The molecule has 0 spiro atoms. The van der Waals surface area contributed by atoms with Gasteiger partial charge in [0.2, 0.25) is 5.13 Å². The van der Waals surface area contributed by atoms with E-state index in [9.17, 15) is 9.59 Å². The molecule has 0 bridgehead atoms. The van der Waals surface area contributed by atoms with Crippen LogP contribution < -0.4 is 10.9 Å². The van der Waals surface area contributed by atoms with Gasteiger partial charge in [0.05, 0.1) is 17.7 Å². The van der Waals surface area contributed by atoms with Crippen LogP contribution in [0.25, 0.3) is 21.5 Å². The Labute approximate surface area is 177 Å². The monoisotopic (exact) mass is 471 g/mol. The maximum absolute atomic E-state index is 12.3. The highest BCUT2D eigenvalue weighted by molar-refractivity contribution is 9.10. The molecule has 4 aromatic rings. The minimum atomic E-state index is -0.471. The smallest absolute Gasteiger partial charge is 0.346 e. The number of fused-ring (bicyclic) bond motifs is 1. The molecule has 146 valence electrons. The Morgan fingerprint density at radius 1 is 1.17 bits per heavy atom. The topological polar surface area (TPSA) is 94.3 Å². The van der Waals surface area contributed by atoms with Crippen molar-refractivity contribution in [3.63, 3.8) is 0 Å². The Balaban J connectivity index is 1.57. The molecule has 0 radical (unpaired) electrons. The summed E-state index contributed by atoms with van der Waals surface area (Å²) in [5.74, 6) is -0.369. The lowest BCUT2D eigenvalue weighted by Gasteiger charge is -2.04. The number of ether oxygens (including phenoxy) is 1. The Kier molecular flexibility index (Phi) is 5.41. The fourth-order valence-corrected chi connectivity index (χ4v) is 3.80. The van der Waals surface area contributed by atoms with Gasteiger partial charge in [0.15, 0.2) is 5.01 Å². The number of aromatic nitrogens is 2. The van der Waals surface area contributed by atoms with Crippen molar-refractivity contribution in [2.24, 2.45) is 0 Å². The summed E-state index contributed by atoms with van der Waals surface area (Å²) in [5.41, 5.74) is 1.58. The third-order valence-electron chi connectivity index (χ3n) is 4.00. The van der Waals surface area contributed by atoms with Gasteiger partial charge in [0.25, 0.3) is 0 Å². The average molecular weight is 472 g/mol. The molecule has 0 fully saturated rings. The SMILES string of the molecule is CCOC(=O)c1ccc(Nc2nnc(-c3cc4cc(Br)ccc4oc3=O)s2)cc1. The zero-order valence-electron chi connectivity index (χ0n) is 15.1. The molecule has 2 aromatic heterocycles. The number of halogens is 1. The summed E-state index contributed by atoms with van der Waals surface area (Å²) in [6.45, 7) is 2.09. The molecular weight excluding hydrogens is 458 g/mol. The van der Waals surface area contributed by atoms with E-state index in [1.807, 2.05) is 12.1 Å². The van der Waals surface area contributed by atoms with E-state index in [4.69, 9.17) is 9.15 Å². The molecule has 0 unspecified atom stereocenters. The van der Waals surface area contributed by atoms with E-state index < -0.39 is 5.63 Å². The van der Waals surface area contributed by atoms with Crippen LogP contribution in [0.1, 0.15) is 17.3 Å². The second kappa shape index (κ2) is 8.14. The van der Waals surface area contributed by atoms with Crippen LogP contribution in [0.2, 0.25) is 0 Å². The quantitative estimate of drug-likeness (QED) is 0.323. The van der Waals surface area contributed by atoms with Crippen molar-refractivity contribution in [1.82, 2.24) is 10.2 Å². The minimum Gasteiger partial charge on any atom is -0.462 e. The van der Waals surface area contributed by atoms with Crippen molar-refractivity contribution in [3.05, 3.63) is 69.0 Å². The number of esters is 1. The van der Waals surface area contributed by atoms with Gasteiger partial charge in [0, 0.05) is 15.5 Å². The molecule has 0 aliphatic heterocycles. The van der Waals surface area contributed by atoms with Crippen LogP contribution in [0.15, 0.2) is 62.2 Å². The highest BCUT2D eigenvalue weighted by atomic mass is 79.9. The molecule has 0 aliphatic rings. The summed E-state index contributed by atoms with van der Waals surface area (Å²) >= 11 is 4.64. The summed E-state index contributed by atoms with van der Waals surface area (Å²) in [6, 6.07) is 14.0. The zero-order valence-corrected chi connectivity index (χ0v) is 17.5. The first kappa shape index (κ1) is 19.3. The number of anilines is 2. The van der Waals surface area contributed by atoms with Gasteiger partial charge in [-0.1, -0.05) is 27.3 Å². The molecule has 4 rings (SSSR count). The van der Waals surface area contributed by atoms with E-state index in [0.29, 0.717) is 33.5 Å². The molecule has 1 N–H and O–H groups in total. The first-order valence-electron chi connectivity index (χ1n) is 8.65. The summed E-state index contributed by atoms with van der Waals surface area (Å²) < 4.78 is 11.2. The van der Waals surface area contributed by atoms with Crippen LogP contribution in [0.3, 0.4) is 0 Å². The minimum absolute atomic E-state index is 0.326. The van der Waals surface area contributed by atoms with Crippen molar-refractivity contribution in [2.45, 2.75) is 6.92 Å². The van der Waals surface area contributed by atoms with Crippen LogP contribution in [0.5, 0.6) is 0 Å². The van der Waals surface area contributed by atoms with E-state index in [2.05, 4.69) is 31.4 Å². The van der Waals surface area contributed by atoms with Gasteiger partial charge in [-0.2, -0.15) is 0 Å². The largest absolute Gasteiger partial charge is 0.462 e. The normalized spacial score (nSPS) is 10.8. The van der Waals surface area contributed by atoms with Gasteiger partial charge < -0.3 is 14.5 Å². The number of benzene rings is 2. The van der Waals surface area contributed by atoms with Crippen LogP contribution in [0.4, 0.5) is 10.8 Å². The predicted octanol–water partition coefficient (Wildman–Crippen LogP) is 4.99. The van der Waals surface area contributed by atoms with Crippen LogP contribution in [0, 0.1) is 0 Å². The molecule has 0 amide bonds. The fraction of sp³-hybridized carbons (Fsp3) is 0.100. The van der Waals surface area contributed by atoms with Gasteiger partial charge >= 0.3 is 11.6 Å². The number of nitrogens with zero attached hydrogens (tertiary/aromatic N) is 2.